The van der Waals surface area contributed by atoms with Crippen LogP contribution in [-0.2, 0) is 4.74 Å². The van der Waals surface area contributed by atoms with Crippen LogP contribution in [-0.4, -0.2) is 19.3 Å². The highest BCUT2D eigenvalue weighted by atomic mass is 32.2. The first-order valence-electron chi connectivity index (χ1n) is 3.89. The first-order chi connectivity index (χ1) is 6.72. The highest BCUT2D eigenvalue weighted by molar-refractivity contribution is 7.98. The third kappa shape index (κ3) is 2.06. The first kappa shape index (κ1) is 10.6. The van der Waals surface area contributed by atoms with Crippen molar-refractivity contribution in [3.63, 3.8) is 0 Å². The van der Waals surface area contributed by atoms with Crippen molar-refractivity contribution < 1.29 is 9.53 Å². The molecule has 0 unspecified atom stereocenters. The van der Waals surface area contributed by atoms with E-state index >= 15 is 0 Å². The lowest BCUT2D eigenvalue weighted by Crippen LogP contribution is -2.01. The van der Waals surface area contributed by atoms with E-state index < -0.39 is 0 Å². The summed E-state index contributed by atoms with van der Waals surface area (Å²) in [5.74, 6) is -0.384. The number of benzene rings is 1. The van der Waals surface area contributed by atoms with Gasteiger partial charge in [-0.05, 0) is 24.5 Å². The van der Waals surface area contributed by atoms with Crippen LogP contribution in [0.15, 0.2) is 23.1 Å². The van der Waals surface area contributed by atoms with Crippen LogP contribution in [0.2, 0.25) is 0 Å². The SMILES string of the molecule is COC(=O)c1ccc(C#N)c(SC)c1. The van der Waals surface area contributed by atoms with E-state index in [9.17, 15) is 4.79 Å². The molecule has 14 heavy (non-hydrogen) atoms. The van der Waals surface area contributed by atoms with Gasteiger partial charge in [-0.15, -0.1) is 11.8 Å². The number of hydrogen-bond donors (Lipinski definition) is 0. The lowest BCUT2D eigenvalue weighted by atomic mass is 10.1. The molecule has 0 aliphatic heterocycles. The molecule has 3 nitrogen and oxygen atoms in total. The van der Waals surface area contributed by atoms with Gasteiger partial charge in [-0.2, -0.15) is 5.26 Å². The highest BCUT2D eigenvalue weighted by Crippen LogP contribution is 2.21. The Hall–Kier alpha value is -1.47. The Labute approximate surface area is 86.7 Å². The van der Waals surface area contributed by atoms with Gasteiger partial charge in [-0.25, -0.2) is 4.79 Å². The van der Waals surface area contributed by atoms with Crippen LogP contribution >= 0.6 is 11.8 Å². The third-order valence-corrected chi connectivity index (χ3v) is 2.52. The molecule has 0 amide bonds. The maximum absolute atomic E-state index is 11.2. The number of carbonyl (C=O) groups excluding carboxylic acids is 1. The van der Waals surface area contributed by atoms with Crippen molar-refractivity contribution in [2.45, 2.75) is 4.90 Å². The van der Waals surface area contributed by atoms with E-state index in [2.05, 4.69) is 10.8 Å². The molecule has 0 bridgehead atoms. The second kappa shape index (κ2) is 4.68. The minimum absolute atomic E-state index is 0.384. The summed E-state index contributed by atoms with van der Waals surface area (Å²) in [7, 11) is 1.33. The standard InChI is InChI=1S/C10H9NO2S/c1-13-10(12)7-3-4-8(6-11)9(5-7)14-2/h3-5H,1-2H3. The number of rotatable bonds is 2. The molecule has 0 spiro atoms. The summed E-state index contributed by atoms with van der Waals surface area (Å²) < 4.78 is 4.58. The number of hydrogen-bond acceptors (Lipinski definition) is 4. The summed E-state index contributed by atoms with van der Waals surface area (Å²) in [5.41, 5.74) is 1.04. The Bertz CT molecular complexity index is 396. The number of esters is 1. The summed E-state index contributed by atoms with van der Waals surface area (Å²) in [6.07, 6.45) is 1.86. The Morgan fingerprint density at radius 2 is 2.29 bits per heavy atom. The van der Waals surface area contributed by atoms with E-state index in [1.54, 1.807) is 18.2 Å². The summed E-state index contributed by atoms with van der Waals surface area (Å²) in [4.78, 5) is 12.0. The number of methoxy groups -OCH3 is 1. The molecule has 0 saturated heterocycles. The lowest BCUT2D eigenvalue weighted by molar-refractivity contribution is 0.0600. The van der Waals surface area contributed by atoms with Crippen LogP contribution in [0.5, 0.6) is 0 Å². The average molecular weight is 207 g/mol. The smallest absolute Gasteiger partial charge is 0.337 e. The Morgan fingerprint density at radius 1 is 1.57 bits per heavy atom. The van der Waals surface area contributed by atoms with Crippen molar-refractivity contribution in [3.05, 3.63) is 29.3 Å². The molecule has 0 atom stereocenters. The normalized spacial score (nSPS) is 9.21. The number of carbonyl (C=O) groups is 1. The van der Waals surface area contributed by atoms with E-state index in [1.165, 1.54) is 18.9 Å². The largest absolute Gasteiger partial charge is 0.465 e. The van der Waals surface area contributed by atoms with Crippen LogP contribution in [0, 0.1) is 11.3 Å². The topological polar surface area (TPSA) is 50.1 Å². The van der Waals surface area contributed by atoms with Crippen molar-refractivity contribution in [2.75, 3.05) is 13.4 Å². The second-order valence-corrected chi connectivity index (χ2v) is 3.37. The van der Waals surface area contributed by atoms with E-state index in [1.807, 2.05) is 6.26 Å². The molecule has 0 aromatic heterocycles. The summed E-state index contributed by atoms with van der Waals surface area (Å²) in [6, 6.07) is 6.93. The lowest BCUT2D eigenvalue weighted by Gasteiger charge is -2.03. The van der Waals surface area contributed by atoms with Gasteiger partial charge >= 0.3 is 5.97 Å². The first-order valence-corrected chi connectivity index (χ1v) is 5.12. The van der Waals surface area contributed by atoms with Crippen LogP contribution in [0.25, 0.3) is 0 Å². The second-order valence-electron chi connectivity index (χ2n) is 2.52. The quantitative estimate of drug-likeness (QED) is 0.550. The third-order valence-electron chi connectivity index (χ3n) is 1.74. The molecular formula is C10H9NO2S. The van der Waals surface area contributed by atoms with Gasteiger partial charge in [-0.1, -0.05) is 0 Å². The molecule has 0 fully saturated rings. The van der Waals surface area contributed by atoms with Gasteiger partial charge in [0.15, 0.2) is 0 Å². The minimum atomic E-state index is -0.384. The van der Waals surface area contributed by atoms with E-state index in [4.69, 9.17) is 5.26 Å². The summed E-state index contributed by atoms with van der Waals surface area (Å²) >= 11 is 1.43. The predicted octanol–water partition coefficient (Wildman–Crippen LogP) is 2.07. The molecule has 1 rings (SSSR count). The molecule has 0 radical (unpaired) electrons. The molecule has 1 aromatic rings. The van der Waals surface area contributed by atoms with E-state index in [-0.39, 0.29) is 5.97 Å². The zero-order chi connectivity index (χ0) is 10.6. The van der Waals surface area contributed by atoms with Gasteiger partial charge in [0.1, 0.15) is 6.07 Å². The fourth-order valence-electron chi connectivity index (χ4n) is 1.03. The van der Waals surface area contributed by atoms with E-state index in [0.717, 1.165) is 4.90 Å². The Morgan fingerprint density at radius 3 is 2.79 bits per heavy atom. The van der Waals surface area contributed by atoms with Crippen LogP contribution in [0.4, 0.5) is 0 Å². The summed E-state index contributed by atoms with van der Waals surface area (Å²) in [6.45, 7) is 0. The van der Waals surface area contributed by atoms with Gasteiger partial charge in [0.25, 0.3) is 0 Å². The Kier molecular flexibility index (Phi) is 3.55. The zero-order valence-electron chi connectivity index (χ0n) is 7.90. The highest BCUT2D eigenvalue weighted by Gasteiger charge is 2.08. The van der Waals surface area contributed by atoms with Crippen molar-refractivity contribution in [1.29, 1.82) is 5.26 Å². The van der Waals surface area contributed by atoms with Crippen molar-refractivity contribution in [2.24, 2.45) is 0 Å². The average Bonchev–Trinajstić information content (AvgIpc) is 2.26. The number of ether oxygens (including phenoxy) is 1. The molecule has 0 aliphatic carbocycles. The van der Waals surface area contributed by atoms with Crippen LogP contribution < -0.4 is 0 Å². The predicted molar refractivity (Wildman–Crippen MR) is 54.3 cm³/mol. The molecular weight excluding hydrogens is 198 g/mol. The molecule has 0 aliphatic rings. The fraction of sp³-hybridized carbons (Fsp3) is 0.200. The number of nitrogens with zero attached hydrogens (tertiary/aromatic N) is 1. The molecule has 0 heterocycles. The monoisotopic (exact) mass is 207 g/mol. The molecule has 0 saturated carbocycles. The minimum Gasteiger partial charge on any atom is -0.465 e. The number of thioether (sulfide) groups is 1. The van der Waals surface area contributed by atoms with Gasteiger partial charge in [-0.3, -0.25) is 0 Å². The van der Waals surface area contributed by atoms with Crippen molar-refractivity contribution in [1.82, 2.24) is 0 Å². The van der Waals surface area contributed by atoms with Gasteiger partial charge in [0.2, 0.25) is 0 Å². The van der Waals surface area contributed by atoms with Crippen LogP contribution in [0.3, 0.4) is 0 Å². The van der Waals surface area contributed by atoms with Gasteiger partial charge in [0, 0.05) is 4.90 Å². The van der Waals surface area contributed by atoms with Crippen LogP contribution in [0.1, 0.15) is 15.9 Å². The van der Waals surface area contributed by atoms with E-state index in [0.29, 0.717) is 11.1 Å². The number of nitriles is 1. The fourth-order valence-corrected chi connectivity index (χ4v) is 1.61. The maximum Gasteiger partial charge on any atom is 0.337 e. The molecule has 0 N–H and O–H groups in total. The summed E-state index contributed by atoms with van der Waals surface area (Å²) in [5, 5.41) is 8.76. The Balaban J connectivity index is 3.15. The van der Waals surface area contributed by atoms with Crippen molar-refractivity contribution in [3.8, 4) is 6.07 Å². The van der Waals surface area contributed by atoms with Gasteiger partial charge in [0.05, 0.1) is 18.2 Å². The molecule has 72 valence electrons. The van der Waals surface area contributed by atoms with Gasteiger partial charge < -0.3 is 4.74 Å². The molecule has 1 aromatic carbocycles. The van der Waals surface area contributed by atoms with Crippen molar-refractivity contribution >= 4 is 17.7 Å². The molecule has 4 heteroatoms. The maximum atomic E-state index is 11.2. The zero-order valence-corrected chi connectivity index (χ0v) is 8.72.